The highest BCUT2D eigenvalue weighted by Gasteiger charge is 2.29. The van der Waals surface area contributed by atoms with Gasteiger partial charge in [0.25, 0.3) is 0 Å². The molecule has 7 nitrogen and oxygen atoms in total. The Morgan fingerprint density at radius 2 is 1.96 bits per heavy atom. The summed E-state index contributed by atoms with van der Waals surface area (Å²) in [6, 6.07) is 7.85. The van der Waals surface area contributed by atoms with Crippen LogP contribution in [0.15, 0.2) is 33.3 Å². The topological polar surface area (TPSA) is 71.7 Å². The normalized spacial score (nSPS) is 19.4. The van der Waals surface area contributed by atoms with Gasteiger partial charge in [-0.3, -0.25) is 9.69 Å². The molecule has 2 aromatic rings. The van der Waals surface area contributed by atoms with Gasteiger partial charge in [0.05, 0.1) is 19.8 Å². The molecule has 2 fully saturated rings. The summed E-state index contributed by atoms with van der Waals surface area (Å²) in [5.74, 6) is 1.62. The molecule has 0 unspecified atom stereocenters. The van der Waals surface area contributed by atoms with Gasteiger partial charge in [-0.25, -0.2) is 0 Å². The van der Waals surface area contributed by atoms with Gasteiger partial charge in [-0.05, 0) is 38.1 Å². The molecular weight excluding hydrogens is 412 g/mol. The summed E-state index contributed by atoms with van der Waals surface area (Å²) < 4.78 is 11.7. The standard InChI is InChI=1S/C19H23BrN4O3/c20-16-3-1-2-15(12-16)18-21-17(27-22-18)13-23-6-4-14(5-7-23)19(25)24-8-10-26-11-9-24/h1-3,12,14H,4-11,13H2. The maximum absolute atomic E-state index is 12.6. The Morgan fingerprint density at radius 3 is 2.70 bits per heavy atom. The summed E-state index contributed by atoms with van der Waals surface area (Å²) in [6.45, 7) is 5.12. The molecule has 1 aromatic heterocycles. The SMILES string of the molecule is O=C(C1CCN(Cc2nc(-c3cccc(Br)c3)no2)CC1)N1CCOCC1. The van der Waals surface area contributed by atoms with E-state index in [1.165, 1.54) is 0 Å². The average molecular weight is 435 g/mol. The van der Waals surface area contributed by atoms with E-state index in [0.717, 1.165) is 49.1 Å². The Hall–Kier alpha value is -1.77. The minimum atomic E-state index is 0.124. The Morgan fingerprint density at radius 1 is 1.19 bits per heavy atom. The van der Waals surface area contributed by atoms with Gasteiger partial charge in [0.1, 0.15) is 0 Å². The molecule has 144 valence electrons. The van der Waals surface area contributed by atoms with Crippen molar-refractivity contribution in [1.29, 1.82) is 0 Å². The molecule has 0 radical (unpaired) electrons. The molecule has 3 heterocycles. The average Bonchev–Trinajstić information content (AvgIpc) is 3.17. The first-order chi connectivity index (χ1) is 13.2. The zero-order valence-electron chi connectivity index (χ0n) is 15.1. The number of nitrogens with zero attached hydrogens (tertiary/aromatic N) is 4. The molecular formula is C19H23BrN4O3. The maximum atomic E-state index is 12.6. The molecule has 2 aliphatic rings. The predicted molar refractivity (Wildman–Crippen MR) is 103 cm³/mol. The van der Waals surface area contributed by atoms with Gasteiger partial charge in [0, 0.05) is 29.0 Å². The molecule has 4 rings (SSSR count). The third kappa shape index (κ3) is 4.56. The second-order valence-corrected chi connectivity index (χ2v) is 7.93. The van der Waals surface area contributed by atoms with Crippen LogP contribution in [0.1, 0.15) is 18.7 Å². The van der Waals surface area contributed by atoms with E-state index in [1.54, 1.807) is 0 Å². The molecule has 2 saturated heterocycles. The Labute approximate surface area is 166 Å². The number of halogens is 1. The van der Waals surface area contributed by atoms with Crippen molar-refractivity contribution in [3.8, 4) is 11.4 Å². The molecule has 8 heteroatoms. The number of likely N-dealkylation sites (tertiary alicyclic amines) is 1. The van der Waals surface area contributed by atoms with E-state index in [4.69, 9.17) is 9.26 Å². The monoisotopic (exact) mass is 434 g/mol. The van der Waals surface area contributed by atoms with Crippen molar-refractivity contribution < 1.29 is 14.1 Å². The van der Waals surface area contributed by atoms with Gasteiger partial charge in [-0.1, -0.05) is 33.2 Å². The fourth-order valence-electron chi connectivity index (χ4n) is 3.64. The second-order valence-electron chi connectivity index (χ2n) is 7.01. The van der Waals surface area contributed by atoms with Crippen LogP contribution in [0.25, 0.3) is 11.4 Å². The summed E-state index contributed by atoms with van der Waals surface area (Å²) in [5, 5.41) is 4.09. The van der Waals surface area contributed by atoms with E-state index in [2.05, 4.69) is 31.0 Å². The lowest BCUT2D eigenvalue weighted by Crippen LogP contribution is -2.46. The minimum Gasteiger partial charge on any atom is -0.378 e. The van der Waals surface area contributed by atoms with Crippen LogP contribution in [-0.2, 0) is 16.1 Å². The van der Waals surface area contributed by atoms with Crippen LogP contribution in [0.4, 0.5) is 0 Å². The molecule has 0 atom stereocenters. The first kappa shape index (κ1) is 18.6. The number of ether oxygens (including phenoxy) is 1. The Balaban J connectivity index is 1.30. The van der Waals surface area contributed by atoms with Gasteiger partial charge in [-0.2, -0.15) is 4.98 Å². The lowest BCUT2D eigenvalue weighted by molar-refractivity contribution is -0.141. The number of benzene rings is 1. The largest absolute Gasteiger partial charge is 0.378 e. The second kappa shape index (κ2) is 8.50. The molecule has 0 N–H and O–H groups in total. The van der Waals surface area contributed by atoms with E-state index in [-0.39, 0.29) is 11.8 Å². The fourth-order valence-corrected chi connectivity index (χ4v) is 4.03. The highest BCUT2D eigenvalue weighted by atomic mass is 79.9. The Kier molecular flexibility index (Phi) is 5.85. The zero-order chi connectivity index (χ0) is 18.6. The molecule has 0 bridgehead atoms. The number of aromatic nitrogens is 2. The van der Waals surface area contributed by atoms with Crippen molar-refractivity contribution in [3.63, 3.8) is 0 Å². The van der Waals surface area contributed by atoms with Crippen LogP contribution in [0.2, 0.25) is 0 Å². The molecule has 0 spiro atoms. The maximum Gasteiger partial charge on any atom is 0.241 e. The quantitative estimate of drug-likeness (QED) is 0.736. The third-order valence-corrected chi connectivity index (χ3v) is 5.66. The smallest absolute Gasteiger partial charge is 0.241 e. The zero-order valence-corrected chi connectivity index (χ0v) is 16.7. The summed E-state index contributed by atoms with van der Waals surface area (Å²) in [7, 11) is 0. The van der Waals surface area contributed by atoms with Gasteiger partial charge in [0.2, 0.25) is 17.6 Å². The van der Waals surface area contributed by atoms with Crippen molar-refractivity contribution in [2.24, 2.45) is 5.92 Å². The fraction of sp³-hybridized carbons (Fsp3) is 0.526. The number of hydrogen-bond acceptors (Lipinski definition) is 6. The van der Waals surface area contributed by atoms with Crippen LogP contribution in [0, 0.1) is 5.92 Å². The molecule has 1 aromatic carbocycles. The third-order valence-electron chi connectivity index (χ3n) is 5.17. The van der Waals surface area contributed by atoms with E-state index < -0.39 is 0 Å². The van der Waals surface area contributed by atoms with Crippen LogP contribution < -0.4 is 0 Å². The van der Waals surface area contributed by atoms with Crippen molar-refractivity contribution in [1.82, 2.24) is 19.9 Å². The van der Waals surface area contributed by atoms with Crippen LogP contribution >= 0.6 is 15.9 Å². The first-order valence-electron chi connectivity index (χ1n) is 9.36. The van der Waals surface area contributed by atoms with E-state index >= 15 is 0 Å². The number of piperidine rings is 1. The number of amides is 1. The lowest BCUT2D eigenvalue weighted by atomic mass is 9.95. The number of rotatable bonds is 4. The molecule has 0 aliphatic carbocycles. The highest BCUT2D eigenvalue weighted by molar-refractivity contribution is 9.10. The van der Waals surface area contributed by atoms with Crippen LogP contribution in [0.3, 0.4) is 0 Å². The van der Waals surface area contributed by atoms with Crippen molar-refractivity contribution in [2.75, 3.05) is 39.4 Å². The van der Waals surface area contributed by atoms with E-state index in [1.807, 2.05) is 29.2 Å². The summed E-state index contributed by atoms with van der Waals surface area (Å²) in [4.78, 5) is 21.4. The first-order valence-corrected chi connectivity index (χ1v) is 10.2. The van der Waals surface area contributed by atoms with Crippen molar-refractivity contribution in [3.05, 3.63) is 34.6 Å². The molecule has 2 aliphatic heterocycles. The molecule has 27 heavy (non-hydrogen) atoms. The number of carbonyl (C=O) groups is 1. The van der Waals surface area contributed by atoms with Gasteiger partial charge >= 0.3 is 0 Å². The molecule has 1 amide bonds. The van der Waals surface area contributed by atoms with E-state index in [9.17, 15) is 4.79 Å². The number of hydrogen-bond donors (Lipinski definition) is 0. The summed E-state index contributed by atoms with van der Waals surface area (Å²) >= 11 is 3.46. The van der Waals surface area contributed by atoms with Crippen molar-refractivity contribution in [2.45, 2.75) is 19.4 Å². The van der Waals surface area contributed by atoms with Crippen molar-refractivity contribution >= 4 is 21.8 Å². The number of morpholine rings is 1. The molecule has 0 saturated carbocycles. The lowest BCUT2D eigenvalue weighted by Gasteiger charge is -2.35. The van der Waals surface area contributed by atoms with E-state index in [0.29, 0.717) is 31.5 Å². The summed E-state index contributed by atoms with van der Waals surface area (Å²) in [6.07, 6.45) is 1.76. The minimum absolute atomic E-state index is 0.124. The van der Waals surface area contributed by atoms with Crippen LogP contribution in [0.5, 0.6) is 0 Å². The van der Waals surface area contributed by atoms with Gasteiger partial charge in [-0.15, -0.1) is 0 Å². The van der Waals surface area contributed by atoms with Gasteiger partial charge in [0.15, 0.2) is 0 Å². The van der Waals surface area contributed by atoms with Gasteiger partial charge < -0.3 is 14.2 Å². The van der Waals surface area contributed by atoms with Crippen LogP contribution in [-0.4, -0.2) is 65.2 Å². The Bertz CT molecular complexity index is 783. The summed E-state index contributed by atoms with van der Waals surface area (Å²) in [5.41, 5.74) is 0.925. The number of carbonyl (C=O) groups excluding carboxylic acids is 1. The predicted octanol–water partition coefficient (Wildman–Crippen LogP) is 2.57. The highest BCUT2D eigenvalue weighted by Crippen LogP contribution is 2.23.